The normalized spacial score (nSPS) is 25.7. The van der Waals surface area contributed by atoms with Gasteiger partial charge in [-0.05, 0) is 50.5 Å². The number of nitrogens with one attached hydrogen (secondary N) is 2. The Morgan fingerprint density at radius 1 is 1.17 bits per heavy atom. The third-order valence-corrected chi connectivity index (χ3v) is 7.22. The summed E-state index contributed by atoms with van der Waals surface area (Å²) in [7, 11) is 0. The fraction of sp³-hybridized carbons (Fsp3) is 0.520. The van der Waals surface area contributed by atoms with E-state index in [0.29, 0.717) is 56.4 Å². The summed E-state index contributed by atoms with van der Waals surface area (Å²) < 4.78 is 11.3. The van der Waals surface area contributed by atoms with Gasteiger partial charge in [-0.3, -0.25) is 4.79 Å². The van der Waals surface area contributed by atoms with Crippen molar-refractivity contribution in [3.8, 4) is 11.4 Å². The molecule has 3 fully saturated rings. The quantitative estimate of drug-likeness (QED) is 0.679. The minimum Gasteiger partial charge on any atom is -0.381 e. The molecule has 4 aliphatic rings. The molecule has 10 nitrogen and oxygen atoms in total. The number of urea groups is 1. The lowest BCUT2D eigenvalue weighted by molar-refractivity contribution is -0.127. The molecule has 3 amide bonds. The van der Waals surface area contributed by atoms with Gasteiger partial charge in [0.25, 0.3) is 5.91 Å². The van der Waals surface area contributed by atoms with Gasteiger partial charge in [-0.2, -0.15) is 0 Å². The molecule has 35 heavy (non-hydrogen) atoms. The molecule has 1 aromatic heterocycles. The summed E-state index contributed by atoms with van der Waals surface area (Å²) in [6, 6.07) is 7.60. The number of rotatable bonds is 5. The molecular weight excluding hydrogens is 448 g/mol. The molecule has 2 N–H and O–H groups in total. The van der Waals surface area contributed by atoms with Crippen molar-refractivity contribution in [2.24, 2.45) is 5.92 Å². The number of ether oxygens (including phenoxy) is 2. The van der Waals surface area contributed by atoms with Gasteiger partial charge in [0, 0.05) is 42.9 Å². The Labute approximate surface area is 204 Å². The van der Waals surface area contributed by atoms with Crippen LogP contribution in [0, 0.1) is 5.92 Å². The topological polar surface area (TPSA) is 109 Å². The molecule has 1 aromatic carbocycles. The fourth-order valence-corrected chi connectivity index (χ4v) is 5.01. The molecule has 2 atom stereocenters. The van der Waals surface area contributed by atoms with Crippen LogP contribution in [-0.4, -0.2) is 73.0 Å². The van der Waals surface area contributed by atoms with Gasteiger partial charge in [-0.25, -0.2) is 14.8 Å². The van der Waals surface area contributed by atoms with Gasteiger partial charge in [0.05, 0.1) is 26.0 Å². The monoisotopic (exact) mass is 478 g/mol. The number of carbonyl (C=O) groups excluding carboxylic acids is 2. The summed E-state index contributed by atoms with van der Waals surface area (Å²) in [6.07, 6.45) is 4.78. The predicted molar refractivity (Wildman–Crippen MR) is 130 cm³/mol. The standard InChI is InChI=1S/C25H30N6O4/c1-25-15-35-11-9-31(25)22-20(30(23(25)32)13-16-8-10-34-14-16)12-26-21(29-22)17-2-4-18(5-3-17)27-24(33)28-19-6-7-19/h2-5,12,16,19H,6-11,13-15H2,1H3,(H2,27,28,33)/t16-,25+/m1/s1. The highest BCUT2D eigenvalue weighted by molar-refractivity contribution is 6.07. The number of anilines is 3. The Bertz CT molecular complexity index is 1130. The third kappa shape index (κ3) is 4.21. The summed E-state index contributed by atoms with van der Waals surface area (Å²) in [6.45, 7) is 5.37. The first-order valence-electron chi connectivity index (χ1n) is 12.3. The van der Waals surface area contributed by atoms with E-state index >= 15 is 0 Å². The zero-order valence-corrected chi connectivity index (χ0v) is 19.8. The first kappa shape index (κ1) is 22.2. The summed E-state index contributed by atoms with van der Waals surface area (Å²) in [4.78, 5) is 39.1. The lowest BCUT2D eigenvalue weighted by Crippen LogP contribution is -2.67. The van der Waals surface area contributed by atoms with Gasteiger partial charge < -0.3 is 29.9 Å². The molecule has 1 aliphatic carbocycles. The molecule has 2 aromatic rings. The predicted octanol–water partition coefficient (Wildman–Crippen LogP) is 2.41. The van der Waals surface area contributed by atoms with E-state index in [1.807, 2.05) is 36.1 Å². The van der Waals surface area contributed by atoms with E-state index in [2.05, 4.69) is 20.5 Å². The Kier molecular flexibility index (Phi) is 5.57. The molecule has 0 bridgehead atoms. The van der Waals surface area contributed by atoms with E-state index in [0.717, 1.165) is 42.9 Å². The van der Waals surface area contributed by atoms with Gasteiger partial charge in [0.2, 0.25) is 0 Å². The largest absolute Gasteiger partial charge is 0.381 e. The summed E-state index contributed by atoms with van der Waals surface area (Å²) >= 11 is 0. The summed E-state index contributed by atoms with van der Waals surface area (Å²) in [5.74, 6) is 1.64. The zero-order valence-electron chi connectivity index (χ0n) is 19.8. The van der Waals surface area contributed by atoms with E-state index < -0.39 is 5.54 Å². The van der Waals surface area contributed by atoms with Gasteiger partial charge in [0.1, 0.15) is 11.2 Å². The van der Waals surface area contributed by atoms with Crippen LogP contribution in [0.15, 0.2) is 30.5 Å². The van der Waals surface area contributed by atoms with Crippen LogP contribution in [0.2, 0.25) is 0 Å². The van der Waals surface area contributed by atoms with E-state index in [4.69, 9.17) is 14.5 Å². The molecule has 3 aliphatic heterocycles. The third-order valence-electron chi connectivity index (χ3n) is 7.22. The highest BCUT2D eigenvalue weighted by Gasteiger charge is 2.51. The second kappa shape index (κ2) is 8.76. The minimum absolute atomic E-state index is 0.0212. The first-order valence-corrected chi connectivity index (χ1v) is 12.3. The van der Waals surface area contributed by atoms with Crippen LogP contribution in [0.5, 0.6) is 0 Å². The maximum atomic E-state index is 13.7. The SMILES string of the molecule is C[C@@]12COCCN1c1nc(-c3ccc(NC(=O)NC4CC4)cc3)ncc1N(C[C@H]1CCOC1)C2=O. The first-order chi connectivity index (χ1) is 17.0. The average molecular weight is 479 g/mol. The van der Waals surface area contributed by atoms with Gasteiger partial charge in [-0.15, -0.1) is 0 Å². The van der Waals surface area contributed by atoms with E-state index in [-0.39, 0.29) is 11.9 Å². The Morgan fingerprint density at radius 3 is 2.74 bits per heavy atom. The van der Waals surface area contributed by atoms with Crippen molar-refractivity contribution >= 4 is 29.1 Å². The number of hydrogen-bond donors (Lipinski definition) is 2. The molecule has 2 saturated heterocycles. The van der Waals surface area contributed by atoms with Crippen LogP contribution in [0.3, 0.4) is 0 Å². The second-order valence-electron chi connectivity index (χ2n) is 9.98. The maximum Gasteiger partial charge on any atom is 0.319 e. The Hall–Kier alpha value is -3.24. The van der Waals surface area contributed by atoms with Crippen molar-refractivity contribution in [2.45, 2.75) is 37.8 Å². The lowest BCUT2D eigenvalue weighted by Gasteiger charge is -2.50. The van der Waals surface area contributed by atoms with Gasteiger partial charge in [0.15, 0.2) is 11.6 Å². The van der Waals surface area contributed by atoms with Crippen LogP contribution < -0.4 is 20.4 Å². The zero-order chi connectivity index (χ0) is 24.0. The maximum absolute atomic E-state index is 13.7. The van der Waals surface area contributed by atoms with Crippen LogP contribution in [0.4, 0.5) is 22.0 Å². The summed E-state index contributed by atoms with van der Waals surface area (Å²) in [5.41, 5.74) is 1.48. The van der Waals surface area contributed by atoms with Gasteiger partial charge >= 0.3 is 6.03 Å². The number of morpholine rings is 1. The molecule has 184 valence electrons. The van der Waals surface area contributed by atoms with Gasteiger partial charge in [-0.1, -0.05) is 0 Å². The van der Waals surface area contributed by atoms with E-state index in [1.54, 1.807) is 6.20 Å². The Balaban J connectivity index is 1.29. The smallest absolute Gasteiger partial charge is 0.319 e. The minimum atomic E-state index is -0.807. The van der Waals surface area contributed by atoms with E-state index in [9.17, 15) is 9.59 Å². The average Bonchev–Trinajstić information content (AvgIpc) is 3.52. The summed E-state index contributed by atoms with van der Waals surface area (Å²) in [5, 5.41) is 5.78. The van der Waals surface area contributed by atoms with E-state index in [1.165, 1.54) is 0 Å². The molecule has 0 spiro atoms. The van der Waals surface area contributed by atoms with Crippen LogP contribution in [0.1, 0.15) is 26.2 Å². The molecule has 1 saturated carbocycles. The molecular formula is C25H30N6O4. The number of benzene rings is 1. The highest BCUT2D eigenvalue weighted by atomic mass is 16.5. The fourth-order valence-electron chi connectivity index (χ4n) is 5.01. The van der Waals surface area contributed by atoms with Crippen molar-refractivity contribution in [3.05, 3.63) is 30.5 Å². The van der Waals surface area contributed by atoms with Crippen molar-refractivity contribution < 1.29 is 19.1 Å². The molecule has 0 radical (unpaired) electrons. The molecule has 10 heteroatoms. The Morgan fingerprint density at radius 2 is 2.00 bits per heavy atom. The second-order valence-corrected chi connectivity index (χ2v) is 9.98. The number of nitrogens with zero attached hydrogens (tertiary/aromatic N) is 4. The lowest BCUT2D eigenvalue weighted by atomic mass is 9.93. The number of aromatic nitrogens is 2. The number of carbonyl (C=O) groups is 2. The molecule has 0 unspecified atom stereocenters. The molecule has 6 rings (SSSR count). The van der Waals surface area contributed by atoms with Crippen LogP contribution in [-0.2, 0) is 14.3 Å². The number of hydrogen-bond acceptors (Lipinski definition) is 7. The van der Waals surface area contributed by atoms with Crippen molar-refractivity contribution in [3.63, 3.8) is 0 Å². The number of amides is 3. The highest BCUT2D eigenvalue weighted by Crippen LogP contribution is 2.41. The molecule has 4 heterocycles. The van der Waals surface area contributed by atoms with Crippen LogP contribution >= 0.6 is 0 Å². The van der Waals surface area contributed by atoms with Crippen molar-refractivity contribution in [1.29, 1.82) is 0 Å². The number of fused-ring (bicyclic) bond motifs is 3. The van der Waals surface area contributed by atoms with Crippen molar-refractivity contribution in [2.75, 3.05) is 54.6 Å². The van der Waals surface area contributed by atoms with Crippen LogP contribution in [0.25, 0.3) is 11.4 Å². The van der Waals surface area contributed by atoms with Crippen molar-refractivity contribution in [1.82, 2.24) is 15.3 Å².